The van der Waals surface area contributed by atoms with E-state index in [1.54, 1.807) is 24.4 Å². The van der Waals surface area contributed by atoms with Crippen molar-refractivity contribution in [1.82, 2.24) is 4.98 Å². The first-order valence-electron chi connectivity index (χ1n) is 12.2. The van der Waals surface area contributed by atoms with Gasteiger partial charge in [-0.3, -0.25) is 4.79 Å². The molecule has 1 aliphatic heterocycles. The maximum absolute atomic E-state index is 12.8. The van der Waals surface area contributed by atoms with Crippen molar-refractivity contribution in [2.75, 3.05) is 18.5 Å². The van der Waals surface area contributed by atoms with Crippen LogP contribution in [0.1, 0.15) is 57.1 Å². The van der Waals surface area contributed by atoms with Crippen LogP contribution in [0, 0.1) is 30.1 Å². The maximum atomic E-state index is 12.8. The first kappa shape index (κ1) is 25.3. The van der Waals surface area contributed by atoms with Gasteiger partial charge in [-0.05, 0) is 63.8 Å². The molecule has 1 saturated carbocycles. The van der Waals surface area contributed by atoms with Crippen LogP contribution in [0.25, 0.3) is 0 Å². The van der Waals surface area contributed by atoms with E-state index in [0.29, 0.717) is 41.8 Å². The van der Waals surface area contributed by atoms with Gasteiger partial charge in [0, 0.05) is 29.8 Å². The van der Waals surface area contributed by atoms with Gasteiger partial charge in [-0.1, -0.05) is 18.5 Å². The number of anilines is 2. The van der Waals surface area contributed by atoms with Gasteiger partial charge in [-0.2, -0.15) is 5.26 Å². The molecule has 3 atom stereocenters. The molecular formula is C27H32ClN3O4. The van der Waals surface area contributed by atoms with E-state index in [2.05, 4.69) is 16.4 Å². The first-order chi connectivity index (χ1) is 16.8. The number of carbonyl (C=O) groups is 1. The average molecular weight is 498 g/mol. The van der Waals surface area contributed by atoms with Gasteiger partial charge >= 0.3 is 5.97 Å². The molecule has 2 aromatic rings. The minimum absolute atomic E-state index is 0.0686. The average Bonchev–Trinajstić information content (AvgIpc) is 3.58. The highest BCUT2D eigenvalue weighted by molar-refractivity contribution is 6.33. The zero-order valence-corrected chi connectivity index (χ0v) is 21.2. The van der Waals surface area contributed by atoms with Crippen LogP contribution >= 0.6 is 11.6 Å². The Bertz CT molecular complexity index is 1110. The number of nitrogens with zero attached hydrogens (tertiary/aromatic N) is 2. The maximum Gasteiger partial charge on any atom is 0.309 e. The lowest BCUT2D eigenvalue weighted by atomic mass is 9.87. The number of aromatic nitrogens is 1. The molecule has 2 aliphatic rings. The van der Waals surface area contributed by atoms with Gasteiger partial charge in [0.25, 0.3) is 0 Å². The Balaban J connectivity index is 1.46. The van der Waals surface area contributed by atoms with Crippen LogP contribution in [0.4, 0.5) is 11.4 Å². The van der Waals surface area contributed by atoms with Gasteiger partial charge in [0.1, 0.15) is 11.7 Å². The van der Waals surface area contributed by atoms with Crippen molar-refractivity contribution in [2.45, 2.75) is 64.6 Å². The van der Waals surface area contributed by atoms with E-state index < -0.39 is 0 Å². The molecule has 2 fully saturated rings. The molecule has 2 heterocycles. The Morgan fingerprint density at radius 1 is 1.37 bits per heavy atom. The van der Waals surface area contributed by atoms with Crippen LogP contribution in [0.2, 0.25) is 5.02 Å². The van der Waals surface area contributed by atoms with Gasteiger partial charge in [0.05, 0.1) is 41.5 Å². The van der Waals surface area contributed by atoms with Crippen molar-refractivity contribution in [3.05, 3.63) is 46.6 Å². The molecule has 8 heteroatoms. The highest BCUT2D eigenvalue weighted by atomic mass is 35.5. The van der Waals surface area contributed by atoms with Crippen molar-refractivity contribution < 1.29 is 19.0 Å². The van der Waals surface area contributed by atoms with Gasteiger partial charge in [-0.25, -0.2) is 4.98 Å². The molecule has 0 radical (unpaired) electrons. The van der Waals surface area contributed by atoms with Crippen LogP contribution in [0.5, 0.6) is 5.88 Å². The Labute approximate surface area is 211 Å². The summed E-state index contributed by atoms with van der Waals surface area (Å²) < 4.78 is 17.9. The normalized spacial score (nSPS) is 21.5. The summed E-state index contributed by atoms with van der Waals surface area (Å²) in [6, 6.07) is 9.07. The summed E-state index contributed by atoms with van der Waals surface area (Å²) in [6.45, 7) is 7.12. The van der Waals surface area contributed by atoms with Crippen LogP contribution in [0.15, 0.2) is 30.5 Å². The Morgan fingerprint density at radius 2 is 2.17 bits per heavy atom. The Kier molecular flexibility index (Phi) is 7.83. The molecule has 1 aromatic heterocycles. The molecule has 1 saturated heterocycles. The zero-order chi connectivity index (χ0) is 25.0. The van der Waals surface area contributed by atoms with Crippen molar-refractivity contribution in [2.24, 2.45) is 11.8 Å². The molecule has 0 spiro atoms. The zero-order valence-electron chi connectivity index (χ0n) is 20.5. The summed E-state index contributed by atoms with van der Waals surface area (Å²) in [4.78, 5) is 17.2. The van der Waals surface area contributed by atoms with Crippen molar-refractivity contribution in [3.63, 3.8) is 0 Å². The predicted molar refractivity (Wildman–Crippen MR) is 134 cm³/mol. The number of hydrogen-bond donors (Lipinski definition) is 1. The van der Waals surface area contributed by atoms with Crippen LogP contribution < -0.4 is 10.1 Å². The molecule has 186 valence electrons. The van der Waals surface area contributed by atoms with Crippen molar-refractivity contribution in [1.29, 1.82) is 5.26 Å². The molecule has 1 N–H and O–H groups in total. The fraction of sp³-hybridized carbons (Fsp3) is 0.519. The number of nitrogens with one attached hydrogen (secondary N) is 1. The third kappa shape index (κ3) is 6.25. The SMILES string of the molecule is CCC(CC1COCC[C@@H]1Oc1nccc(Nc2ccc(C#N)cc2Cl)c1C)C(=O)OC1(C)CC1. The first-order valence-corrected chi connectivity index (χ1v) is 12.6. The minimum Gasteiger partial charge on any atom is -0.474 e. The van der Waals surface area contributed by atoms with Crippen molar-refractivity contribution >= 4 is 28.9 Å². The number of esters is 1. The van der Waals surface area contributed by atoms with E-state index in [4.69, 9.17) is 31.1 Å². The summed E-state index contributed by atoms with van der Waals surface area (Å²) in [5.41, 5.74) is 2.60. The fourth-order valence-corrected chi connectivity index (χ4v) is 4.52. The van der Waals surface area contributed by atoms with E-state index in [1.807, 2.05) is 26.8 Å². The monoisotopic (exact) mass is 497 g/mol. The lowest BCUT2D eigenvalue weighted by Crippen LogP contribution is -2.39. The van der Waals surface area contributed by atoms with E-state index in [0.717, 1.165) is 36.9 Å². The topological polar surface area (TPSA) is 93.5 Å². The van der Waals surface area contributed by atoms with Crippen LogP contribution in [-0.4, -0.2) is 35.9 Å². The summed E-state index contributed by atoms with van der Waals surface area (Å²) in [7, 11) is 0. The number of ether oxygens (including phenoxy) is 3. The highest BCUT2D eigenvalue weighted by Gasteiger charge is 2.43. The van der Waals surface area contributed by atoms with E-state index >= 15 is 0 Å². The second-order valence-electron chi connectivity index (χ2n) is 9.71. The highest BCUT2D eigenvalue weighted by Crippen LogP contribution is 2.40. The van der Waals surface area contributed by atoms with Gasteiger partial charge in [0.15, 0.2) is 0 Å². The summed E-state index contributed by atoms with van der Waals surface area (Å²) in [6.07, 6.45) is 5.58. The summed E-state index contributed by atoms with van der Waals surface area (Å²) in [5.74, 6) is 0.319. The quantitative estimate of drug-likeness (QED) is 0.427. The van der Waals surface area contributed by atoms with E-state index in [9.17, 15) is 4.79 Å². The lowest BCUT2D eigenvalue weighted by Gasteiger charge is -2.33. The third-order valence-electron chi connectivity index (χ3n) is 6.91. The van der Waals surface area contributed by atoms with Gasteiger partial charge in [0.2, 0.25) is 5.88 Å². The largest absolute Gasteiger partial charge is 0.474 e. The lowest BCUT2D eigenvalue weighted by molar-refractivity contribution is -0.157. The number of rotatable bonds is 9. The minimum atomic E-state index is -0.268. The van der Waals surface area contributed by atoms with Gasteiger partial charge < -0.3 is 19.5 Å². The second-order valence-corrected chi connectivity index (χ2v) is 10.1. The van der Waals surface area contributed by atoms with Crippen molar-refractivity contribution in [3.8, 4) is 11.9 Å². The molecule has 7 nitrogen and oxygen atoms in total. The Hall–Kier alpha value is -2.82. The number of benzene rings is 1. The fourth-order valence-electron chi connectivity index (χ4n) is 4.30. The number of pyridine rings is 1. The number of nitriles is 1. The number of carbonyl (C=O) groups excluding carboxylic acids is 1. The number of hydrogen-bond acceptors (Lipinski definition) is 7. The Morgan fingerprint density at radius 3 is 2.86 bits per heavy atom. The third-order valence-corrected chi connectivity index (χ3v) is 7.22. The number of halogens is 1. The van der Waals surface area contributed by atoms with E-state index in [-0.39, 0.29) is 29.5 Å². The predicted octanol–water partition coefficient (Wildman–Crippen LogP) is 5.95. The van der Waals surface area contributed by atoms with Crippen LogP contribution in [0.3, 0.4) is 0 Å². The second kappa shape index (κ2) is 10.8. The molecule has 0 amide bonds. The molecule has 35 heavy (non-hydrogen) atoms. The van der Waals surface area contributed by atoms with Gasteiger partial charge in [-0.15, -0.1) is 0 Å². The molecule has 2 unspecified atom stereocenters. The molecule has 1 aliphatic carbocycles. The molecule has 0 bridgehead atoms. The van der Waals surface area contributed by atoms with Crippen LogP contribution in [-0.2, 0) is 14.3 Å². The molecular weight excluding hydrogens is 466 g/mol. The summed E-state index contributed by atoms with van der Waals surface area (Å²) >= 11 is 6.34. The summed E-state index contributed by atoms with van der Waals surface area (Å²) in [5, 5.41) is 12.8. The smallest absolute Gasteiger partial charge is 0.309 e. The van der Waals surface area contributed by atoms with E-state index in [1.165, 1.54) is 0 Å². The molecule has 4 rings (SSSR count). The standard InChI is InChI=1S/C27H32ClN3O4/c1-4-19(26(32)35-27(3)9-10-27)14-20-16-33-12-8-24(20)34-25-17(2)22(7-11-30-25)31-23-6-5-18(15-29)13-21(23)28/h5-7,11,13,19-20,24H,4,8-10,12,14,16H2,1-3H3,(H,30,31)/t19?,20?,24-/m0/s1. The molecule has 1 aromatic carbocycles.